The van der Waals surface area contributed by atoms with Gasteiger partial charge in [-0.2, -0.15) is 0 Å². The first-order valence-corrected chi connectivity index (χ1v) is 6.65. The van der Waals surface area contributed by atoms with Crippen molar-refractivity contribution >= 4 is 5.69 Å². The lowest BCUT2D eigenvalue weighted by Gasteiger charge is -2.19. The summed E-state index contributed by atoms with van der Waals surface area (Å²) in [5.41, 5.74) is 9.01. The Bertz CT molecular complexity index is 535. The fourth-order valence-electron chi connectivity index (χ4n) is 1.99. The molecule has 0 aliphatic heterocycles. The number of rotatable bonds is 5. The average Bonchev–Trinajstić information content (AvgIpc) is 2.48. The number of nitrogens with two attached hydrogens (primary N) is 1. The molecule has 1 heterocycles. The minimum absolute atomic E-state index is 0.0315. The maximum Gasteiger partial charge on any atom is 0.118 e. The molecule has 2 rings (SSSR count). The van der Waals surface area contributed by atoms with Crippen LogP contribution in [0.25, 0.3) is 0 Å². The van der Waals surface area contributed by atoms with Crippen molar-refractivity contribution in [3.8, 4) is 5.75 Å². The number of aromatic nitrogens is 1. The van der Waals surface area contributed by atoms with Crippen LogP contribution in [0, 0.1) is 0 Å². The Morgan fingerprint density at radius 1 is 1.20 bits per heavy atom. The van der Waals surface area contributed by atoms with E-state index in [9.17, 15) is 0 Å². The predicted molar refractivity (Wildman–Crippen MR) is 81.9 cm³/mol. The first-order valence-electron chi connectivity index (χ1n) is 6.65. The van der Waals surface area contributed by atoms with Gasteiger partial charge < -0.3 is 15.4 Å². The molecule has 0 fully saturated rings. The third kappa shape index (κ3) is 3.48. The SMILES string of the molecule is COc1ccc(CN(C)c2ccc([C@@H](C)N)nc2)cc1. The minimum Gasteiger partial charge on any atom is -0.497 e. The monoisotopic (exact) mass is 271 g/mol. The second-order valence-electron chi connectivity index (χ2n) is 4.93. The van der Waals surface area contributed by atoms with Crippen molar-refractivity contribution in [1.82, 2.24) is 4.98 Å². The zero-order chi connectivity index (χ0) is 14.5. The van der Waals surface area contributed by atoms with Gasteiger partial charge in [-0.3, -0.25) is 4.98 Å². The zero-order valence-corrected chi connectivity index (χ0v) is 12.2. The van der Waals surface area contributed by atoms with Gasteiger partial charge in [0.1, 0.15) is 5.75 Å². The molecule has 0 bridgehead atoms. The molecular formula is C16H21N3O. The summed E-state index contributed by atoms with van der Waals surface area (Å²) in [7, 11) is 3.72. The van der Waals surface area contributed by atoms with Crippen LogP contribution in [-0.2, 0) is 6.54 Å². The third-order valence-electron chi connectivity index (χ3n) is 3.26. The quantitative estimate of drug-likeness (QED) is 0.908. The first-order chi connectivity index (χ1) is 9.60. The molecule has 0 saturated carbocycles. The van der Waals surface area contributed by atoms with Crippen molar-refractivity contribution < 1.29 is 4.74 Å². The van der Waals surface area contributed by atoms with Crippen molar-refractivity contribution in [2.24, 2.45) is 5.73 Å². The highest BCUT2D eigenvalue weighted by Gasteiger charge is 2.05. The molecule has 1 aromatic heterocycles. The van der Waals surface area contributed by atoms with Gasteiger partial charge in [-0.1, -0.05) is 12.1 Å². The van der Waals surface area contributed by atoms with Crippen molar-refractivity contribution in [3.63, 3.8) is 0 Å². The fourth-order valence-corrected chi connectivity index (χ4v) is 1.99. The molecular weight excluding hydrogens is 250 g/mol. The van der Waals surface area contributed by atoms with Crippen molar-refractivity contribution in [1.29, 1.82) is 0 Å². The molecule has 0 unspecified atom stereocenters. The molecule has 106 valence electrons. The predicted octanol–water partition coefficient (Wildman–Crippen LogP) is 2.75. The van der Waals surface area contributed by atoms with Crippen LogP contribution in [0.4, 0.5) is 5.69 Å². The summed E-state index contributed by atoms with van der Waals surface area (Å²) in [6, 6.07) is 12.1. The van der Waals surface area contributed by atoms with Gasteiger partial charge >= 0.3 is 0 Å². The molecule has 0 amide bonds. The highest BCUT2D eigenvalue weighted by Crippen LogP contribution is 2.18. The number of ether oxygens (including phenoxy) is 1. The van der Waals surface area contributed by atoms with E-state index in [2.05, 4.69) is 28.1 Å². The number of nitrogens with zero attached hydrogens (tertiary/aromatic N) is 2. The fraction of sp³-hybridized carbons (Fsp3) is 0.312. The molecule has 0 aliphatic carbocycles. The molecule has 0 saturated heterocycles. The Morgan fingerprint density at radius 3 is 2.40 bits per heavy atom. The van der Waals surface area contributed by atoms with Crippen LogP contribution in [0.3, 0.4) is 0 Å². The lowest BCUT2D eigenvalue weighted by molar-refractivity contribution is 0.414. The van der Waals surface area contributed by atoms with E-state index in [0.29, 0.717) is 0 Å². The van der Waals surface area contributed by atoms with Crippen LogP contribution in [0.15, 0.2) is 42.6 Å². The summed E-state index contributed by atoms with van der Waals surface area (Å²) < 4.78 is 5.16. The number of anilines is 1. The van der Waals surface area contributed by atoms with E-state index >= 15 is 0 Å². The van der Waals surface area contributed by atoms with Crippen LogP contribution in [0.1, 0.15) is 24.2 Å². The van der Waals surface area contributed by atoms with Gasteiger partial charge in [0, 0.05) is 19.6 Å². The summed E-state index contributed by atoms with van der Waals surface area (Å²) >= 11 is 0. The van der Waals surface area contributed by atoms with E-state index in [1.165, 1.54) is 5.56 Å². The van der Waals surface area contributed by atoms with E-state index in [4.69, 9.17) is 10.5 Å². The summed E-state index contributed by atoms with van der Waals surface area (Å²) in [5.74, 6) is 0.874. The molecule has 4 nitrogen and oxygen atoms in total. The standard InChI is InChI=1S/C16H21N3O/c1-12(17)16-9-6-14(10-18-16)19(2)11-13-4-7-15(20-3)8-5-13/h4-10,12H,11,17H2,1-3H3/t12-/m1/s1. The van der Waals surface area contributed by atoms with Gasteiger partial charge in [-0.25, -0.2) is 0 Å². The number of benzene rings is 1. The molecule has 4 heteroatoms. The second-order valence-corrected chi connectivity index (χ2v) is 4.93. The van der Waals surface area contributed by atoms with Crippen LogP contribution in [0.5, 0.6) is 5.75 Å². The van der Waals surface area contributed by atoms with Gasteiger partial charge in [0.15, 0.2) is 0 Å². The average molecular weight is 271 g/mol. The number of hydrogen-bond donors (Lipinski definition) is 1. The molecule has 0 spiro atoms. The molecule has 20 heavy (non-hydrogen) atoms. The molecule has 2 aromatic rings. The van der Waals surface area contributed by atoms with Crippen molar-refractivity contribution in [2.75, 3.05) is 19.1 Å². The highest BCUT2D eigenvalue weighted by atomic mass is 16.5. The van der Waals surface area contributed by atoms with Gasteiger partial charge in [0.05, 0.1) is 24.7 Å². The van der Waals surface area contributed by atoms with Crippen molar-refractivity contribution in [2.45, 2.75) is 19.5 Å². The van der Waals surface area contributed by atoms with Crippen LogP contribution < -0.4 is 15.4 Å². The molecule has 2 N–H and O–H groups in total. The number of pyridine rings is 1. The Hall–Kier alpha value is -2.07. The van der Waals surface area contributed by atoms with E-state index in [0.717, 1.165) is 23.7 Å². The Labute approximate surface area is 120 Å². The maximum atomic E-state index is 5.80. The molecule has 0 radical (unpaired) electrons. The minimum atomic E-state index is -0.0315. The second kappa shape index (κ2) is 6.39. The van der Waals surface area contributed by atoms with Crippen LogP contribution in [-0.4, -0.2) is 19.1 Å². The largest absolute Gasteiger partial charge is 0.497 e. The van der Waals surface area contributed by atoms with Gasteiger partial charge in [0.2, 0.25) is 0 Å². The third-order valence-corrected chi connectivity index (χ3v) is 3.26. The molecule has 1 aromatic carbocycles. The number of hydrogen-bond acceptors (Lipinski definition) is 4. The summed E-state index contributed by atoms with van der Waals surface area (Å²) in [6.07, 6.45) is 1.86. The summed E-state index contributed by atoms with van der Waals surface area (Å²) in [4.78, 5) is 6.53. The summed E-state index contributed by atoms with van der Waals surface area (Å²) in [6.45, 7) is 2.76. The van der Waals surface area contributed by atoms with Gasteiger partial charge in [0.25, 0.3) is 0 Å². The smallest absolute Gasteiger partial charge is 0.118 e. The topological polar surface area (TPSA) is 51.4 Å². The van der Waals surface area contributed by atoms with E-state index in [1.54, 1.807) is 7.11 Å². The Balaban J connectivity index is 2.04. The van der Waals surface area contributed by atoms with Crippen molar-refractivity contribution in [3.05, 3.63) is 53.9 Å². The summed E-state index contributed by atoms with van der Waals surface area (Å²) in [5, 5.41) is 0. The van der Waals surface area contributed by atoms with E-state index in [1.807, 2.05) is 38.4 Å². The molecule has 1 atom stereocenters. The Kier molecular flexibility index (Phi) is 4.58. The number of methoxy groups -OCH3 is 1. The highest BCUT2D eigenvalue weighted by molar-refractivity contribution is 5.45. The lowest BCUT2D eigenvalue weighted by Crippen LogP contribution is -2.17. The lowest BCUT2D eigenvalue weighted by atomic mass is 10.2. The Morgan fingerprint density at radius 2 is 1.90 bits per heavy atom. The zero-order valence-electron chi connectivity index (χ0n) is 12.2. The molecule has 0 aliphatic rings. The van der Waals surface area contributed by atoms with E-state index in [-0.39, 0.29) is 6.04 Å². The maximum absolute atomic E-state index is 5.80. The van der Waals surface area contributed by atoms with Gasteiger partial charge in [-0.15, -0.1) is 0 Å². The van der Waals surface area contributed by atoms with Gasteiger partial charge in [-0.05, 0) is 36.8 Å². The van der Waals surface area contributed by atoms with E-state index < -0.39 is 0 Å². The van der Waals surface area contributed by atoms with Crippen LogP contribution in [0.2, 0.25) is 0 Å². The normalized spacial score (nSPS) is 12.0. The first kappa shape index (κ1) is 14.3. The van der Waals surface area contributed by atoms with Crippen LogP contribution >= 0.6 is 0 Å².